The number of carbonyl (C=O) groups excluding carboxylic acids is 1. The van der Waals surface area contributed by atoms with E-state index >= 15 is 4.79 Å². The molecular weight excluding hydrogens is 436 g/mol. The first-order valence-electron chi connectivity index (χ1n) is 17.2. The molecule has 1 nitrogen and oxygen atoms in total. The average molecular weight is 499 g/mol. The standard InChI is InChI=1S/C35H62O/c1-3-5-9-15-29-17-21-31(22-18-29)34(25-11-7-12-26-34)33(36)35(27-13-8-14-28-35)32-23-19-30(20-24-32)16-10-6-4-2/h29-32H,3-28H2,1-2H3. The van der Waals surface area contributed by atoms with Crippen LogP contribution in [0.4, 0.5) is 0 Å². The molecule has 0 N–H and O–H groups in total. The lowest BCUT2D eigenvalue weighted by Crippen LogP contribution is -2.53. The average Bonchev–Trinajstić information content (AvgIpc) is 2.94. The van der Waals surface area contributed by atoms with Gasteiger partial charge in [-0.2, -0.15) is 0 Å². The zero-order valence-electron chi connectivity index (χ0n) is 24.6. The highest BCUT2D eigenvalue weighted by Gasteiger charge is 2.56. The molecule has 1 heteroatoms. The van der Waals surface area contributed by atoms with Crippen LogP contribution in [0.1, 0.15) is 181 Å². The second-order valence-electron chi connectivity index (χ2n) is 14.2. The lowest BCUT2D eigenvalue weighted by atomic mass is 9.49. The molecule has 0 aromatic rings. The van der Waals surface area contributed by atoms with Crippen LogP contribution in [0.3, 0.4) is 0 Å². The Morgan fingerprint density at radius 2 is 0.889 bits per heavy atom. The minimum atomic E-state index is 0.0575. The lowest BCUT2D eigenvalue weighted by Gasteiger charge is -2.54. The van der Waals surface area contributed by atoms with E-state index in [0.29, 0.717) is 11.8 Å². The van der Waals surface area contributed by atoms with E-state index in [1.807, 2.05) is 0 Å². The van der Waals surface area contributed by atoms with Gasteiger partial charge in [-0.15, -0.1) is 0 Å². The number of Topliss-reactive ketones (excluding diaryl/α,β-unsaturated/α-hetero) is 1. The Morgan fingerprint density at radius 1 is 0.528 bits per heavy atom. The zero-order valence-corrected chi connectivity index (χ0v) is 24.6. The van der Waals surface area contributed by atoms with Gasteiger partial charge in [-0.3, -0.25) is 4.79 Å². The van der Waals surface area contributed by atoms with E-state index in [1.54, 1.807) is 0 Å². The molecule has 0 radical (unpaired) electrons. The van der Waals surface area contributed by atoms with Crippen LogP contribution in [-0.2, 0) is 4.79 Å². The van der Waals surface area contributed by atoms with Crippen LogP contribution in [0.25, 0.3) is 0 Å². The molecule has 0 aromatic heterocycles. The van der Waals surface area contributed by atoms with Gasteiger partial charge in [0.2, 0.25) is 0 Å². The smallest absolute Gasteiger partial charge is 0.145 e. The van der Waals surface area contributed by atoms with Crippen LogP contribution in [-0.4, -0.2) is 5.78 Å². The van der Waals surface area contributed by atoms with E-state index in [1.165, 1.54) is 167 Å². The van der Waals surface area contributed by atoms with Crippen LogP contribution in [0.15, 0.2) is 0 Å². The minimum Gasteiger partial charge on any atom is -0.298 e. The quantitative estimate of drug-likeness (QED) is 0.244. The van der Waals surface area contributed by atoms with Crippen molar-refractivity contribution in [2.24, 2.45) is 34.5 Å². The molecule has 4 aliphatic rings. The van der Waals surface area contributed by atoms with Gasteiger partial charge in [-0.05, 0) is 75.0 Å². The molecule has 0 heterocycles. The van der Waals surface area contributed by atoms with E-state index in [0.717, 1.165) is 17.6 Å². The third-order valence-electron chi connectivity index (χ3n) is 12.1. The topological polar surface area (TPSA) is 17.1 Å². The van der Waals surface area contributed by atoms with Gasteiger partial charge in [-0.1, -0.05) is 129 Å². The predicted octanol–water partition coefficient (Wildman–Crippen LogP) is 11.2. The van der Waals surface area contributed by atoms with Crippen LogP contribution in [0.2, 0.25) is 0 Å². The second kappa shape index (κ2) is 14.2. The van der Waals surface area contributed by atoms with E-state index in [9.17, 15) is 0 Å². The molecule has 0 aromatic carbocycles. The molecule has 4 aliphatic carbocycles. The van der Waals surface area contributed by atoms with Crippen LogP contribution >= 0.6 is 0 Å². The highest BCUT2D eigenvalue weighted by Crippen LogP contribution is 2.59. The Hall–Kier alpha value is -0.330. The van der Waals surface area contributed by atoms with Gasteiger partial charge in [-0.25, -0.2) is 0 Å². The van der Waals surface area contributed by atoms with Crippen molar-refractivity contribution in [3.8, 4) is 0 Å². The zero-order chi connectivity index (χ0) is 25.3. The van der Waals surface area contributed by atoms with E-state index in [4.69, 9.17) is 0 Å². The summed E-state index contributed by atoms with van der Waals surface area (Å²) in [7, 11) is 0. The van der Waals surface area contributed by atoms with Gasteiger partial charge in [0.15, 0.2) is 0 Å². The van der Waals surface area contributed by atoms with Gasteiger partial charge in [0, 0.05) is 10.8 Å². The van der Waals surface area contributed by atoms with Gasteiger partial charge in [0.05, 0.1) is 0 Å². The van der Waals surface area contributed by atoms with Crippen molar-refractivity contribution in [3.05, 3.63) is 0 Å². The second-order valence-corrected chi connectivity index (χ2v) is 14.2. The summed E-state index contributed by atoms with van der Waals surface area (Å²) in [5.41, 5.74) is 0.115. The molecule has 0 atom stereocenters. The Bertz CT molecular complexity index is 567. The first-order chi connectivity index (χ1) is 17.6. The Labute approximate surface area is 225 Å². The Balaban J connectivity index is 1.47. The minimum absolute atomic E-state index is 0.0575. The molecule has 208 valence electrons. The van der Waals surface area contributed by atoms with Crippen molar-refractivity contribution < 1.29 is 4.79 Å². The van der Waals surface area contributed by atoms with Gasteiger partial charge in [0.25, 0.3) is 0 Å². The van der Waals surface area contributed by atoms with E-state index in [-0.39, 0.29) is 10.8 Å². The summed E-state index contributed by atoms with van der Waals surface area (Å²) in [6.45, 7) is 4.66. The number of hydrogen-bond acceptors (Lipinski definition) is 1. The summed E-state index contributed by atoms with van der Waals surface area (Å²) in [5, 5.41) is 0. The first-order valence-corrected chi connectivity index (χ1v) is 17.2. The maximum Gasteiger partial charge on any atom is 0.145 e. The largest absolute Gasteiger partial charge is 0.298 e. The molecule has 4 rings (SSSR count). The monoisotopic (exact) mass is 498 g/mol. The third kappa shape index (κ3) is 6.62. The summed E-state index contributed by atoms with van der Waals surface area (Å²) < 4.78 is 0. The summed E-state index contributed by atoms with van der Waals surface area (Å²) in [6.07, 6.45) is 35.4. The summed E-state index contributed by atoms with van der Waals surface area (Å²) >= 11 is 0. The van der Waals surface area contributed by atoms with E-state index in [2.05, 4.69) is 13.8 Å². The van der Waals surface area contributed by atoms with Crippen LogP contribution in [0, 0.1) is 34.5 Å². The predicted molar refractivity (Wildman–Crippen MR) is 155 cm³/mol. The fraction of sp³-hybridized carbons (Fsp3) is 0.971. The fourth-order valence-electron chi connectivity index (χ4n) is 9.88. The SMILES string of the molecule is CCCCCC1CCC(C2(C(=O)C3(C4CCC(CCCCC)CC4)CCCCC3)CCCCC2)CC1. The summed E-state index contributed by atoms with van der Waals surface area (Å²) in [6, 6.07) is 0. The van der Waals surface area contributed by atoms with E-state index < -0.39 is 0 Å². The van der Waals surface area contributed by atoms with Gasteiger partial charge in [0.1, 0.15) is 5.78 Å². The summed E-state index contributed by atoms with van der Waals surface area (Å²) in [5.74, 6) is 4.16. The van der Waals surface area contributed by atoms with Crippen molar-refractivity contribution in [2.75, 3.05) is 0 Å². The molecule has 0 saturated heterocycles. The molecule has 0 amide bonds. The summed E-state index contributed by atoms with van der Waals surface area (Å²) in [4.78, 5) is 15.2. The first kappa shape index (κ1) is 28.7. The number of ketones is 1. The highest BCUT2D eigenvalue weighted by atomic mass is 16.1. The molecule has 0 bridgehead atoms. The maximum atomic E-state index is 15.2. The van der Waals surface area contributed by atoms with Crippen LogP contribution < -0.4 is 0 Å². The number of carbonyl (C=O) groups is 1. The molecule has 0 spiro atoms. The van der Waals surface area contributed by atoms with Crippen molar-refractivity contribution in [2.45, 2.75) is 181 Å². The Morgan fingerprint density at radius 3 is 1.22 bits per heavy atom. The van der Waals surface area contributed by atoms with Crippen molar-refractivity contribution >= 4 is 5.78 Å². The molecule has 0 aliphatic heterocycles. The van der Waals surface area contributed by atoms with Gasteiger partial charge < -0.3 is 0 Å². The van der Waals surface area contributed by atoms with Crippen molar-refractivity contribution in [3.63, 3.8) is 0 Å². The van der Waals surface area contributed by atoms with Crippen molar-refractivity contribution in [1.82, 2.24) is 0 Å². The Kier molecular flexibility index (Phi) is 11.3. The molecular formula is C35H62O. The maximum absolute atomic E-state index is 15.2. The van der Waals surface area contributed by atoms with Crippen LogP contribution in [0.5, 0.6) is 0 Å². The molecule has 0 unspecified atom stereocenters. The third-order valence-corrected chi connectivity index (χ3v) is 12.1. The van der Waals surface area contributed by atoms with Gasteiger partial charge >= 0.3 is 0 Å². The fourth-order valence-corrected chi connectivity index (χ4v) is 9.88. The molecule has 36 heavy (non-hydrogen) atoms. The molecule has 4 saturated carbocycles. The number of unbranched alkanes of at least 4 members (excludes halogenated alkanes) is 4. The molecule has 4 fully saturated rings. The highest BCUT2D eigenvalue weighted by molar-refractivity contribution is 5.91. The lowest BCUT2D eigenvalue weighted by molar-refractivity contribution is -0.154. The normalized spacial score (nSPS) is 32.7. The number of hydrogen-bond donors (Lipinski definition) is 0. The van der Waals surface area contributed by atoms with Crippen molar-refractivity contribution in [1.29, 1.82) is 0 Å². The number of rotatable bonds is 12.